The van der Waals surface area contributed by atoms with Crippen molar-refractivity contribution in [2.45, 2.75) is 31.6 Å². The van der Waals surface area contributed by atoms with E-state index in [0.717, 1.165) is 57.4 Å². The zero-order valence-corrected chi connectivity index (χ0v) is 17.5. The van der Waals surface area contributed by atoms with E-state index in [1.54, 1.807) is 7.11 Å². The lowest BCUT2D eigenvalue weighted by Gasteiger charge is -2.15. The maximum Gasteiger partial charge on any atom is 0.248 e. The predicted octanol–water partition coefficient (Wildman–Crippen LogP) is 5.66. The normalized spacial score (nSPS) is 14.2. The molecule has 31 heavy (non-hydrogen) atoms. The van der Waals surface area contributed by atoms with Crippen molar-refractivity contribution in [3.8, 4) is 28.0 Å². The Balaban J connectivity index is 1.64. The highest BCUT2D eigenvalue weighted by Gasteiger charge is 2.23. The molecule has 0 saturated heterocycles. The Morgan fingerprint density at radius 3 is 2.65 bits per heavy atom. The monoisotopic (exact) mass is 411 g/mol. The first kappa shape index (κ1) is 19.4. The highest BCUT2D eigenvalue weighted by molar-refractivity contribution is 5.98. The molecule has 0 spiro atoms. The molecule has 1 fully saturated rings. The number of carbonyl (C=O) groups is 1. The Morgan fingerprint density at radius 2 is 1.87 bits per heavy atom. The van der Waals surface area contributed by atoms with E-state index in [0.29, 0.717) is 11.5 Å². The molecule has 1 saturated carbocycles. The fourth-order valence-electron chi connectivity index (χ4n) is 4.80. The summed E-state index contributed by atoms with van der Waals surface area (Å²) in [5, 5.41) is 1.03. The van der Waals surface area contributed by atoms with Crippen LogP contribution in [0, 0.1) is 0 Å². The zero-order chi connectivity index (χ0) is 21.4. The summed E-state index contributed by atoms with van der Waals surface area (Å²) < 4.78 is 5.54. The van der Waals surface area contributed by atoms with Gasteiger partial charge in [-0.2, -0.15) is 0 Å². The van der Waals surface area contributed by atoms with Crippen molar-refractivity contribution in [2.24, 2.45) is 5.73 Å². The van der Waals surface area contributed by atoms with Gasteiger partial charge in [-0.3, -0.25) is 4.79 Å². The molecule has 0 bridgehead atoms. The minimum absolute atomic E-state index is 0.354. The van der Waals surface area contributed by atoms with Gasteiger partial charge in [-0.1, -0.05) is 43.2 Å². The van der Waals surface area contributed by atoms with Crippen LogP contribution in [0.4, 0.5) is 0 Å². The summed E-state index contributed by atoms with van der Waals surface area (Å²) in [6, 6.07) is 16.1. The van der Waals surface area contributed by atoms with Gasteiger partial charge in [0.05, 0.1) is 7.11 Å². The highest BCUT2D eigenvalue weighted by Crippen LogP contribution is 2.39. The largest absolute Gasteiger partial charge is 0.496 e. The lowest BCUT2D eigenvalue weighted by atomic mass is 9.89. The van der Waals surface area contributed by atoms with Crippen LogP contribution in [0.25, 0.3) is 33.3 Å². The quantitative estimate of drug-likeness (QED) is 0.444. The number of ether oxygens (including phenoxy) is 1. The lowest BCUT2D eigenvalue weighted by molar-refractivity contribution is 0.0999. The topological polar surface area (TPSA) is 81.0 Å². The first-order chi connectivity index (χ1) is 15.2. The van der Waals surface area contributed by atoms with Gasteiger partial charge in [0.2, 0.25) is 5.91 Å². The van der Waals surface area contributed by atoms with Crippen LogP contribution in [0.1, 0.15) is 47.5 Å². The maximum absolute atomic E-state index is 12.0. The number of para-hydroxylation sites is 1. The number of nitrogens with one attached hydrogen (secondary N) is 1. The first-order valence-corrected chi connectivity index (χ1v) is 10.7. The highest BCUT2D eigenvalue weighted by atomic mass is 16.5. The average molecular weight is 412 g/mol. The van der Waals surface area contributed by atoms with Crippen LogP contribution in [0.2, 0.25) is 0 Å². The molecule has 3 N–H and O–H groups in total. The number of hydrogen-bond donors (Lipinski definition) is 2. The van der Waals surface area contributed by atoms with Crippen molar-refractivity contribution >= 4 is 16.9 Å². The number of carbonyl (C=O) groups excluding carboxylic acids is 1. The Kier molecular flexibility index (Phi) is 4.94. The van der Waals surface area contributed by atoms with Gasteiger partial charge in [0.15, 0.2) is 0 Å². The second-order valence-electron chi connectivity index (χ2n) is 8.17. The van der Waals surface area contributed by atoms with E-state index in [4.69, 9.17) is 10.5 Å². The van der Waals surface area contributed by atoms with Crippen molar-refractivity contribution < 1.29 is 9.53 Å². The van der Waals surface area contributed by atoms with Gasteiger partial charge < -0.3 is 15.5 Å². The lowest BCUT2D eigenvalue weighted by Crippen LogP contribution is -2.15. The number of amides is 1. The fourth-order valence-corrected chi connectivity index (χ4v) is 4.80. The molecule has 156 valence electrons. The van der Waals surface area contributed by atoms with E-state index in [1.807, 2.05) is 48.8 Å². The number of primary amides is 1. The summed E-state index contributed by atoms with van der Waals surface area (Å²) in [7, 11) is 1.68. The molecule has 2 heterocycles. The molecule has 5 heteroatoms. The molecule has 1 amide bonds. The van der Waals surface area contributed by atoms with E-state index in [2.05, 4.69) is 22.1 Å². The van der Waals surface area contributed by atoms with Gasteiger partial charge in [-0.05, 0) is 48.1 Å². The minimum atomic E-state index is -0.354. The van der Waals surface area contributed by atoms with Crippen molar-refractivity contribution in [1.82, 2.24) is 9.97 Å². The van der Waals surface area contributed by atoms with Gasteiger partial charge in [-0.25, -0.2) is 4.98 Å². The number of nitrogens with zero attached hydrogens (tertiary/aromatic N) is 1. The fraction of sp³-hybridized carbons (Fsp3) is 0.231. The number of aromatic amines is 1. The predicted molar refractivity (Wildman–Crippen MR) is 123 cm³/mol. The van der Waals surface area contributed by atoms with Gasteiger partial charge in [0.1, 0.15) is 11.4 Å². The van der Waals surface area contributed by atoms with Gasteiger partial charge >= 0.3 is 0 Å². The number of H-pyrrole nitrogens is 1. The number of fused-ring (bicyclic) bond motifs is 1. The number of benzene rings is 2. The van der Waals surface area contributed by atoms with E-state index < -0.39 is 0 Å². The summed E-state index contributed by atoms with van der Waals surface area (Å²) in [6.07, 6.45) is 8.47. The maximum atomic E-state index is 12.0. The SMILES string of the molecule is COc1ccccc1-c1cnc2[nH]cc(-c3ccc(C(N)=O)c(C4CCCC4)c3)c2c1. The molecular weight excluding hydrogens is 386 g/mol. The standard InChI is InChI=1S/C26H25N3O2/c1-31-24-9-5-4-8-19(24)18-13-22-23(15-29-26(22)28-14-18)17-10-11-20(25(27)30)21(12-17)16-6-2-3-7-16/h4-5,8-16H,2-3,6-7H2,1H3,(H2,27,30)(H,28,29). The second-order valence-corrected chi connectivity index (χ2v) is 8.17. The summed E-state index contributed by atoms with van der Waals surface area (Å²) in [4.78, 5) is 20.0. The van der Waals surface area contributed by atoms with Crippen LogP contribution in [-0.4, -0.2) is 23.0 Å². The van der Waals surface area contributed by atoms with Crippen LogP contribution >= 0.6 is 0 Å². The van der Waals surface area contributed by atoms with Crippen LogP contribution in [0.15, 0.2) is 60.9 Å². The van der Waals surface area contributed by atoms with E-state index >= 15 is 0 Å². The third kappa shape index (κ3) is 3.46. The summed E-state index contributed by atoms with van der Waals surface area (Å²) in [5.41, 5.74) is 12.4. The molecule has 4 aromatic rings. The number of aromatic nitrogens is 2. The molecule has 1 aliphatic carbocycles. The summed E-state index contributed by atoms with van der Waals surface area (Å²) >= 11 is 0. The number of pyridine rings is 1. The van der Waals surface area contributed by atoms with Crippen LogP contribution in [0.3, 0.4) is 0 Å². The third-order valence-corrected chi connectivity index (χ3v) is 6.37. The summed E-state index contributed by atoms with van der Waals surface area (Å²) in [5.74, 6) is 0.859. The molecule has 0 unspecified atom stereocenters. The van der Waals surface area contributed by atoms with E-state index in [9.17, 15) is 4.79 Å². The molecular formula is C26H25N3O2. The van der Waals surface area contributed by atoms with Crippen molar-refractivity contribution in [1.29, 1.82) is 0 Å². The molecule has 2 aromatic heterocycles. The molecule has 0 aliphatic heterocycles. The molecule has 1 aliphatic rings. The van der Waals surface area contributed by atoms with E-state index in [1.165, 1.54) is 12.8 Å². The second kappa shape index (κ2) is 7.91. The molecule has 5 rings (SSSR count). The number of nitrogens with two attached hydrogens (primary N) is 1. The number of rotatable bonds is 5. The Hall–Kier alpha value is -3.60. The van der Waals surface area contributed by atoms with Crippen molar-refractivity contribution in [3.05, 3.63) is 72.1 Å². The molecule has 5 nitrogen and oxygen atoms in total. The number of hydrogen-bond acceptors (Lipinski definition) is 3. The molecule has 2 aromatic carbocycles. The Labute approximate surface area is 181 Å². The van der Waals surface area contributed by atoms with Gasteiger partial charge in [0.25, 0.3) is 0 Å². The average Bonchev–Trinajstić information content (AvgIpc) is 3.48. The van der Waals surface area contributed by atoms with Crippen LogP contribution < -0.4 is 10.5 Å². The third-order valence-electron chi connectivity index (χ3n) is 6.37. The zero-order valence-electron chi connectivity index (χ0n) is 17.5. The molecule has 0 atom stereocenters. The van der Waals surface area contributed by atoms with E-state index in [-0.39, 0.29) is 5.91 Å². The van der Waals surface area contributed by atoms with Crippen LogP contribution in [-0.2, 0) is 0 Å². The molecule has 0 radical (unpaired) electrons. The minimum Gasteiger partial charge on any atom is -0.496 e. The smallest absolute Gasteiger partial charge is 0.248 e. The van der Waals surface area contributed by atoms with Crippen LogP contribution in [0.5, 0.6) is 5.75 Å². The van der Waals surface area contributed by atoms with Gasteiger partial charge in [0, 0.05) is 40.0 Å². The first-order valence-electron chi connectivity index (χ1n) is 10.7. The number of methoxy groups -OCH3 is 1. The Morgan fingerprint density at radius 1 is 1.06 bits per heavy atom. The van der Waals surface area contributed by atoms with Gasteiger partial charge in [-0.15, -0.1) is 0 Å². The van der Waals surface area contributed by atoms with Crippen molar-refractivity contribution in [3.63, 3.8) is 0 Å². The Bertz CT molecular complexity index is 1270. The summed E-state index contributed by atoms with van der Waals surface area (Å²) in [6.45, 7) is 0. The van der Waals surface area contributed by atoms with Crippen molar-refractivity contribution in [2.75, 3.05) is 7.11 Å².